The summed E-state index contributed by atoms with van der Waals surface area (Å²) in [5, 5.41) is 17.1. The standard InChI is InChI=1S/C17H33N3OS.HI/c1-4-18-15(20-12-17(21)8-9-22-13-17)19-11-16(6-5-7-16)10-14(2)3;/h14,21H,4-13H2,1-3H3,(H2,18,19,20);1H. The van der Waals surface area contributed by atoms with Gasteiger partial charge in [0.15, 0.2) is 5.96 Å². The lowest BCUT2D eigenvalue weighted by Crippen LogP contribution is -2.48. The number of thioether (sulfide) groups is 1. The number of nitrogens with one attached hydrogen (secondary N) is 2. The van der Waals surface area contributed by atoms with Crippen LogP contribution < -0.4 is 10.6 Å². The summed E-state index contributed by atoms with van der Waals surface area (Å²) in [7, 11) is 0. The molecule has 1 atom stereocenters. The Hall–Kier alpha value is 0.310. The molecule has 23 heavy (non-hydrogen) atoms. The summed E-state index contributed by atoms with van der Waals surface area (Å²) in [5.74, 6) is 3.49. The fraction of sp³-hybridized carbons (Fsp3) is 0.941. The quantitative estimate of drug-likeness (QED) is 0.314. The minimum atomic E-state index is -0.563. The van der Waals surface area contributed by atoms with E-state index in [0.717, 1.165) is 42.9 Å². The summed E-state index contributed by atoms with van der Waals surface area (Å²) < 4.78 is 0. The van der Waals surface area contributed by atoms with Crippen molar-refractivity contribution in [2.45, 2.75) is 58.5 Å². The maximum absolute atomic E-state index is 10.4. The van der Waals surface area contributed by atoms with Crippen LogP contribution in [0.4, 0.5) is 0 Å². The number of aliphatic hydroxyl groups is 1. The molecule has 2 aliphatic rings. The van der Waals surface area contributed by atoms with Crippen molar-refractivity contribution in [3.63, 3.8) is 0 Å². The number of hydrogen-bond donors (Lipinski definition) is 3. The Labute approximate surface area is 163 Å². The van der Waals surface area contributed by atoms with Crippen LogP contribution in [0.5, 0.6) is 0 Å². The number of aliphatic imine (C=N–C) groups is 1. The molecule has 0 aromatic carbocycles. The molecule has 2 rings (SSSR count). The van der Waals surface area contributed by atoms with Crippen LogP contribution in [0.2, 0.25) is 0 Å². The van der Waals surface area contributed by atoms with Gasteiger partial charge in [-0.05, 0) is 49.7 Å². The molecule has 0 amide bonds. The third-order valence-corrected chi connectivity index (χ3v) is 6.07. The van der Waals surface area contributed by atoms with Gasteiger partial charge in [0.25, 0.3) is 0 Å². The summed E-state index contributed by atoms with van der Waals surface area (Å²) in [6, 6.07) is 0. The molecule has 1 saturated heterocycles. The molecule has 0 spiro atoms. The van der Waals surface area contributed by atoms with E-state index in [9.17, 15) is 5.11 Å². The van der Waals surface area contributed by atoms with Crippen LogP contribution in [0.1, 0.15) is 52.9 Å². The lowest BCUT2D eigenvalue weighted by molar-refractivity contribution is 0.0723. The van der Waals surface area contributed by atoms with Crippen LogP contribution in [0.25, 0.3) is 0 Å². The lowest BCUT2D eigenvalue weighted by atomic mass is 9.64. The van der Waals surface area contributed by atoms with E-state index in [2.05, 4.69) is 31.4 Å². The highest BCUT2D eigenvalue weighted by molar-refractivity contribution is 14.0. The maximum Gasteiger partial charge on any atom is 0.191 e. The average molecular weight is 455 g/mol. The van der Waals surface area contributed by atoms with Gasteiger partial charge in [-0.1, -0.05) is 20.3 Å². The second kappa shape index (κ2) is 9.70. The third-order valence-electron chi connectivity index (χ3n) is 4.84. The molecule has 1 aliphatic carbocycles. The minimum Gasteiger partial charge on any atom is -0.387 e. The smallest absolute Gasteiger partial charge is 0.191 e. The van der Waals surface area contributed by atoms with E-state index < -0.39 is 5.60 Å². The highest BCUT2D eigenvalue weighted by Gasteiger charge is 2.37. The molecular formula is C17H34IN3OS. The number of halogens is 1. The molecule has 6 heteroatoms. The zero-order valence-corrected chi connectivity index (χ0v) is 18.0. The van der Waals surface area contributed by atoms with E-state index >= 15 is 0 Å². The molecular weight excluding hydrogens is 421 g/mol. The molecule has 1 saturated carbocycles. The molecule has 3 N–H and O–H groups in total. The predicted molar refractivity (Wildman–Crippen MR) is 112 cm³/mol. The van der Waals surface area contributed by atoms with Gasteiger partial charge in [0.05, 0.1) is 5.60 Å². The first-order chi connectivity index (χ1) is 10.5. The molecule has 1 unspecified atom stereocenters. The Morgan fingerprint density at radius 2 is 2.00 bits per heavy atom. The van der Waals surface area contributed by atoms with Crippen molar-refractivity contribution in [2.24, 2.45) is 16.3 Å². The first-order valence-electron chi connectivity index (χ1n) is 8.79. The van der Waals surface area contributed by atoms with Gasteiger partial charge < -0.3 is 15.7 Å². The first kappa shape index (κ1) is 21.4. The molecule has 1 heterocycles. The zero-order valence-electron chi connectivity index (χ0n) is 14.9. The molecule has 1 aliphatic heterocycles. The summed E-state index contributed by atoms with van der Waals surface area (Å²) in [4.78, 5) is 4.83. The van der Waals surface area contributed by atoms with Gasteiger partial charge in [0.1, 0.15) is 0 Å². The second-order valence-electron chi connectivity index (χ2n) is 7.53. The Morgan fingerprint density at radius 3 is 2.48 bits per heavy atom. The van der Waals surface area contributed by atoms with Gasteiger partial charge in [0, 0.05) is 25.4 Å². The molecule has 136 valence electrons. The van der Waals surface area contributed by atoms with Gasteiger partial charge in [-0.2, -0.15) is 11.8 Å². The van der Waals surface area contributed by atoms with Crippen molar-refractivity contribution in [1.29, 1.82) is 0 Å². The van der Waals surface area contributed by atoms with E-state index in [4.69, 9.17) is 4.99 Å². The Morgan fingerprint density at radius 1 is 1.26 bits per heavy atom. The van der Waals surface area contributed by atoms with Crippen molar-refractivity contribution in [1.82, 2.24) is 10.6 Å². The zero-order chi connectivity index (χ0) is 16.1. The van der Waals surface area contributed by atoms with Crippen LogP contribution in [0.15, 0.2) is 4.99 Å². The fourth-order valence-corrected chi connectivity index (χ4v) is 4.84. The number of guanidine groups is 1. The van der Waals surface area contributed by atoms with E-state index in [-0.39, 0.29) is 24.0 Å². The molecule has 2 fully saturated rings. The molecule has 4 nitrogen and oxygen atoms in total. The van der Waals surface area contributed by atoms with Crippen molar-refractivity contribution in [2.75, 3.05) is 31.1 Å². The highest BCUT2D eigenvalue weighted by Crippen LogP contribution is 2.46. The van der Waals surface area contributed by atoms with Gasteiger partial charge in [0.2, 0.25) is 0 Å². The summed E-state index contributed by atoms with van der Waals surface area (Å²) in [6.07, 6.45) is 6.13. The largest absolute Gasteiger partial charge is 0.387 e. The van der Waals surface area contributed by atoms with Crippen LogP contribution >= 0.6 is 35.7 Å². The second-order valence-corrected chi connectivity index (χ2v) is 8.63. The lowest BCUT2D eigenvalue weighted by Gasteiger charge is -2.42. The molecule has 0 bridgehead atoms. The normalized spacial score (nSPS) is 26.6. The van der Waals surface area contributed by atoms with Crippen molar-refractivity contribution in [3.8, 4) is 0 Å². The monoisotopic (exact) mass is 455 g/mol. The van der Waals surface area contributed by atoms with Gasteiger partial charge in [-0.25, -0.2) is 0 Å². The van der Waals surface area contributed by atoms with Crippen molar-refractivity contribution in [3.05, 3.63) is 0 Å². The van der Waals surface area contributed by atoms with E-state index in [0.29, 0.717) is 12.0 Å². The van der Waals surface area contributed by atoms with Crippen LogP contribution in [-0.4, -0.2) is 47.8 Å². The molecule has 0 aromatic heterocycles. The maximum atomic E-state index is 10.4. The van der Waals surface area contributed by atoms with Crippen LogP contribution in [-0.2, 0) is 0 Å². The minimum absolute atomic E-state index is 0. The Bertz CT molecular complexity index is 380. The third kappa shape index (κ3) is 6.61. The summed E-state index contributed by atoms with van der Waals surface area (Å²) >= 11 is 1.83. The topological polar surface area (TPSA) is 56.7 Å². The number of rotatable bonds is 7. The SMILES string of the molecule is CCNC(=NCC1(CC(C)C)CCC1)NCC1(O)CCSC1.I. The van der Waals surface area contributed by atoms with Crippen molar-refractivity contribution < 1.29 is 5.11 Å². The Balaban J connectivity index is 0.00000264. The van der Waals surface area contributed by atoms with E-state index in [1.54, 1.807) is 0 Å². The first-order valence-corrected chi connectivity index (χ1v) is 9.95. The van der Waals surface area contributed by atoms with Crippen LogP contribution in [0, 0.1) is 11.3 Å². The van der Waals surface area contributed by atoms with Gasteiger partial charge in [-0.15, -0.1) is 24.0 Å². The number of nitrogens with zero attached hydrogens (tertiary/aromatic N) is 1. The predicted octanol–water partition coefficient (Wildman–Crippen LogP) is 3.24. The van der Waals surface area contributed by atoms with E-state index in [1.807, 2.05) is 11.8 Å². The fourth-order valence-electron chi connectivity index (χ4n) is 3.54. The van der Waals surface area contributed by atoms with Crippen LogP contribution in [0.3, 0.4) is 0 Å². The van der Waals surface area contributed by atoms with Gasteiger partial charge >= 0.3 is 0 Å². The molecule has 0 aromatic rings. The Kier molecular flexibility index (Phi) is 9.01. The van der Waals surface area contributed by atoms with Crippen molar-refractivity contribution >= 4 is 41.7 Å². The highest BCUT2D eigenvalue weighted by atomic mass is 127. The molecule has 0 radical (unpaired) electrons. The van der Waals surface area contributed by atoms with Gasteiger partial charge in [-0.3, -0.25) is 4.99 Å². The van der Waals surface area contributed by atoms with E-state index in [1.165, 1.54) is 25.7 Å². The number of hydrogen-bond acceptors (Lipinski definition) is 3. The average Bonchev–Trinajstić information content (AvgIpc) is 2.85. The summed E-state index contributed by atoms with van der Waals surface area (Å²) in [5.41, 5.74) is -0.135. The summed E-state index contributed by atoms with van der Waals surface area (Å²) in [6.45, 7) is 9.07.